The maximum Gasteiger partial charge on any atom is 0.311 e. The zero-order valence-electron chi connectivity index (χ0n) is 10.0. The zero-order valence-corrected chi connectivity index (χ0v) is 10.0. The topological polar surface area (TPSA) is 26.3 Å². The standard InChI is InChI=1S/C12H22O2/c1-9(2)14-11(13)7-10(3)8-12(4,5)6/h10H,1,7-8H2,2-6H3. The minimum Gasteiger partial charge on any atom is -0.432 e. The highest BCUT2D eigenvalue weighted by atomic mass is 16.5. The Morgan fingerprint density at radius 2 is 1.93 bits per heavy atom. The third-order valence-electron chi connectivity index (χ3n) is 1.76. The summed E-state index contributed by atoms with van der Waals surface area (Å²) in [6.45, 7) is 13.8. The maximum absolute atomic E-state index is 11.3. The van der Waals surface area contributed by atoms with Gasteiger partial charge in [-0.3, -0.25) is 4.79 Å². The summed E-state index contributed by atoms with van der Waals surface area (Å²) in [4.78, 5) is 11.3. The van der Waals surface area contributed by atoms with E-state index in [9.17, 15) is 4.79 Å². The minimum atomic E-state index is -0.172. The van der Waals surface area contributed by atoms with Crippen molar-refractivity contribution >= 4 is 5.97 Å². The van der Waals surface area contributed by atoms with Crippen LogP contribution in [0, 0.1) is 11.3 Å². The van der Waals surface area contributed by atoms with E-state index in [1.165, 1.54) is 0 Å². The Morgan fingerprint density at radius 3 is 2.29 bits per heavy atom. The van der Waals surface area contributed by atoms with Gasteiger partial charge in [0.05, 0.1) is 5.76 Å². The van der Waals surface area contributed by atoms with Gasteiger partial charge in [-0.15, -0.1) is 0 Å². The number of carbonyl (C=O) groups excluding carboxylic acids is 1. The normalized spacial score (nSPS) is 13.5. The lowest BCUT2D eigenvalue weighted by molar-refractivity contribution is -0.140. The van der Waals surface area contributed by atoms with Gasteiger partial charge in [0, 0.05) is 6.42 Å². The van der Waals surface area contributed by atoms with Crippen molar-refractivity contribution in [3.63, 3.8) is 0 Å². The fourth-order valence-corrected chi connectivity index (χ4v) is 1.64. The Hall–Kier alpha value is -0.790. The molecule has 0 aromatic heterocycles. The van der Waals surface area contributed by atoms with Crippen molar-refractivity contribution in [3.8, 4) is 0 Å². The van der Waals surface area contributed by atoms with Gasteiger partial charge in [-0.2, -0.15) is 0 Å². The molecule has 0 amide bonds. The van der Waals surface area contributed by atoms with E-state index in [1.54, 1.807) is 6.92 Å². The highest BCUT2D eigenvalue weighted by Gasteiger charge is 2.18. The first-order chi connectivity index (χ1) is 6.20. The zero-order chi connectivity index (χ0) is 11.4. The van der Waals surface area contributed by atoms with Crippen LogP contribution in [-0.2, 0) is 9.53 Å². The van der Waals surface area contributed by atoms with Crippen LogP contribution in [0.4, 0.5) is 0 Å². The summed E-state index contributed by atoms with van der Waals surface area (Å²) >= 11 is 0. The Morgan fingerprint density at radius 1 is 1.43 bits per heavy atom. The summed E-state index contributed by atoms with van der Waals surface area (Å²) in [5, 5.41) is 0. The van der Waals surface area contributed by atoms with Crippen LogP contribution in [-0.4, -0.2) is 5.97 Å². The number of esters is 1. The molecule has 1 unspecified atom stereocenters. The van der Waals surface area contributed by atoms with E-state index in [0.29, 0.717) is 18.1 Å². The van der Waals surface area contributed by atoms with Crippen molar-refractivity contribution in [2.75, 3.05) is 0 Å². The third-order valence-corrected chi connectivity index (χ3v) is 1.76. The lowest BCUT2D eigenvalue weighted by Gasteiger charge is -2.22. The summed E-state index contributed by atoms with van der Waals surface area (Å²) in [6.07, 6.45) is 1.50. The van der Waals surface area contributed by atoms with Crippen LogP contribution < -0.4 is 0 Å². The monoisotopic (exact) mass is 198 g/mol. The molecule has 1 atom stereocenters. The molecule has 0 aliphatic rings. The van der Waals surface area contributed by atoms with Gasteiger partial charge in [-0.25, -0.2) is 0 Å². The van der Waals surface area contributed by atoms with Crippen LogP contribution in [0.2, 0.25) is 0 Å². The molecule has 0 aromatic rings. The summed E-state index contributed by atoms with van der Waals surface area (Å²) in [6, 6.07) is 0. The predicted octanol–water partition coefficient (Wildman–Crippen LogP) is 3.53. The van der Waals surface area contributed by atoms with Crippen LogP contribution in [0.5, 0.6) is 0 Å². The molecule has 0 aliphatic carbocycles. The first-order valence-corrected chi connectivity index (χ1v) is 5.07. The van der Waals surface area contributed by atoms with E-state index < -0.39 is 0 Å². The SMILES string of the molecule is C=C(C)OC(=O)CC(C)CC(C)(C)C. The molecule has 2 heteroatoms. The molecule has 0 saturated heterocycles. The molecular weight excluding hydrogens is 176 g/mol. The van der Waals surface area contributed by atoms with Gasteiger partial charge >= 0.3 is 5.97 Å². The van der Waals surface area contributed by atoms with Crippen molar-refractivity contribution in [1.82, 2.24) is 0 Å². The fraction of sp³-hybridized carbons (Fsp3) is 0.750. The Labute approximate surface area is 87.3 Å². The molecule has 82 valence electrons. The van der Waals surface area contributed by atoms with E-state index in [1.807, 2.05) is 0 Å². The molecule has 0 fully saturated rings. The molecule has 0 aliphatic heterocycles. The van der Waals surface area contributed by atoms with E-state index in [2.05, 4.69) is 34.3 Å². The van der Waals surface area contributed by atoms with Crippen molar-refractivity contribution in [2.45, 2.75) is 47.5 Å². The Kier molecular flexibility index (Phi) is 4.89. The molecule has 0 aromatic carbocycles. The molecule has 0 bridgehead atoms. The summed E-state index contributed by atoms with van der Waals surface area (Å²) < 4.78 is 4.90. The van der Waals surface area contributed by atoms with E-state index in [0.717, 1.165) is 6.42 Å². The summed E-state index contributed by atoms with van der Waals surface area (Å²) in [5.74, 6) is 0.661. The lowest BCUT2D eigenvalue weighted by Crippen LogP contribution is -2.15. The summed E-state index contributed by atoms with van der Waals surface area (Å²) in [5.41, 5.74) is 0.267. The van der Waals surface area contributed by atoms with Crippen LogP contribution in [0.3, 0.4) is 0 Å². The second-order valence-corrected chi connectivity index (χ2v) is 5.25. The van der Waals surface area contributed by atoms with Gasteiger partial charge in [0.15, 0.2) is 0 Å². The molecule has 0 saturated carbocycles. The van der Waals surface area contributed by atoms with Crippen molar-refractivity contribution in [1.29, 1.82) is 0 Å². The van der Waals surface area contributed by atoms with Crippen molar-refractivity contribution in [2.24, 2.45) is 11.3 Å². The second-order valence-electron chi connectivity index (χ2n) is 5.25. The van der Waals surface area contributed by atoms with Crippen LogP contribution in [0.25, 0.3) is 0 Å². The lowest BCUT2D eigenvalue weighted by atomic mass is 9.84. The molecule has 0 spiro atoms. The molecule has 2 nitrogen and oxygen atoms in total. The van der Waals surface area contributed by atoms with Crippen LogP contribution in [0.1, 0.15) is 47.5 Å². The number of hydrogen-bond donors (Lipinski definition) is 0. The van der Waals surface area contributed by atoms with Crippen LogP contribution in [0.15, 0.2) is 12.3 Å². The second kappa shape index (κ2) is 5.18. The van der Waals surface area contributed by atoms with Gasteiger partial charge in [0.2, 0.25) is 0 Å². The molecule has 0 N–H and O–H groups in total. The van der Waals surface area contributed by atoms with E-state index >= 15 is 0 Å². The molecule has 0 radical (unpaired) electrons. The Balaban J connectivity index is 3.89. The van der Waals surface area contributed by atoms with Gasteiger partial charge in [0.1, 0.15) is 0 Å². The quantitative estimate of drug-likeness (QED) is 0.510. The maximum atomic E-state index is 11.3. The highest BCUT2D eigenvalue weighted by molar-refractivity contribution is 5.70. The average molecular weight is 198 g/mol. The number of carbonyl (C=O) groups is 1. The van der Waals surface area contributed by atoms with Crippen molar-refractivity contribution in [3.05, 3.63) is 12.3 Å². The first-order valence-electron chi connectivity index (χ1n) is 5.07. The summed E-state index contributed by atoms with van der Waals surface area (Å²) in [7, 11) is 0. The first kappa shape index (κ1) is 13.2. The van der Waals surface area contributed by atoms with Gasteiger partial charge < -0.3 is 4.74 Å². The predicted molar refractivity (Wildman–Crippen MR) is 58.8 cm³/mol. The smallest absolute Gasteiger partial charge is 0.311 e. The van der Waals surface area contributed by atoms with E-state index in [-0.39, 0.29) is 11.4 Å². The number of allylic oxidation sites excluding steroid dienone is 1. The third kappa shape index (κ3) is 7.84. The van der Waals surface area contributed by atoms with Gasteiger partial charge in [-0.05, 0) is 24.7 Å². The number of rotatable bonds is 4. The molecule has 14 heavy (non-hydrogen) atoms. The van der Waals surface area contributed by atoms with Crippen LogP contribution >= 0.6 is 0 Å². The van der Waals surface area contributed by atoms with Gasteiger partial charge in [-0.1, -0.05) is 34.3 Å². The average Bonchev–Trinajstić information content (AvgIpc) is 1.77. The highest BCUT2D eigenvalue weighted by Crippen LogP contribution is 2.26. The fourth-order valence-electron chi connectivity index (χ4n) is 1.64. The number of hydrogen-bond acceptors (Lipinski definition) is 2. The van der Waals surface area contributed by atoms with Crippen molar-refractivity contribution < 1.29 is 9.53 Å². The molecule has 0 heterocycles. The largest absolute Gasteiger partial charge is 0.432 e. The molecule has 0 rings (SSSR count). The Bertz CT molecular complexity index is 211. The van der Waals surface area contributed by atoms with Gasteiger partial charge in [0.25, 0.3) is 0 Å². The molecular formula is C12H22O2. The van der Waals surface area contributed by atoms with E-state index in [4.69, 9.17) is 4.74 Å². The minimum absolute atomic E-state index is 0.172. The number of ether oxygens (including phenoxy) is 1.